The summed E-state index contributed by atoms with van der Waals surface area (Å²) in [4.78, 5) is 36.9. The third-order valence-corrected chi connectivity index (χ3v) is 4.41. The summed E-state index contributed by atoms with van der Waals surface area (Å²) < 4.78 is 0. The van der Waals surface area contributed by atoms with Gasteiger partial charge >= 0.3 is 6.03 Å². The second kappa shape index (κ2) is 3.70. The summed E-state index contributed by atoms with van der Waals surface area (Å²) in [7, 11) is 0. The van der Waals surface area contributed by atoms with Crippen molar-refractivity contribution >= 4 is 17.8 Å². The lowest BCUT2D eigenvalue weighted by atomic mass is 9.73. The van der Waals surface area contributed by atoms with Crippen LogP contribution >= 0.6 is 0 Å². The van der Waals surface area contributed by atoms with Crippen molar-refractivity contribution in [1.29, 1.82) is 0 Å². The molecule has 3 aliphatic heterocycles. The number of nitrogens with one attached hydrogen (secondary N) is 2. The quantitative estimate of drug-likeness (QED) is 0.601. The van der Waals surface area contributed by atoms with Crippen LogP contribution < -0.4 is 10.6 Å². The molecule has 0 radical (unpaired) electrons. The number of hydrogen-bond donors (Lipinski definition) is 2. The van der Waals surface area contributed by atoms with Gasteiger partial charge < -0.3 is 10.2 Å². The van der Waals surface area contributed by atoms with Gasteiger partial charge in [0.25, 0.3) is 5.91 Å². The second-order valence-electron chi connectivity index (χ2n) is 5.56. The minimum Gasteiger partial charge on any atom is -0.337 e. The van der Waals surface area contributed by atoms with Gasteiger partial charge in [0, 0.05) is 31.8 Å². The zero-order valence-corrected chi connectivity index (χ0v) is 10.4. The Kier molecular flexibility index (Phi) is 2.36. The summed E-state index contributed by atoms with van der Waals surface area (Å²) in [5.74, 6) is -0.156. The molecule has 2 bridgehead atoms. The summed E-state index contributed by atoms with van der Waals surface area (Å²) in [6, 6.07) is -0.243. The van der Waals surface area contributed by atoms with Crippen molar-refractivity contribution in [3.8, 4) is 0 Å². The van der Waals surface area contributed by atoms with Crippen LogP contribution in [0.5, 0.6) is 0 Å². The molecule has 3 aliphatic rings. The average molecular weight is 251 g/mol. The van der Waals surface area contributed by atoms with Crippen molar-refractivity contribution in [1.82, 2.24) is 15.5 Å². The second-order valence-corrected chi connectivity index (χ2v) is 5.56. The molecule has 0 aromatic carbocycles. The van der Waals surface area contributed by atoms with E-state index < -0.39 is 11.6 Å². The molecular weight excluding hydrogens is 234 g/mol. The molecule has 6 heteroatoms. The van der Waals surface area contributed by atoms with E-state index >= 15 is 0 Å². The van der Waals surface area contributed by atoms with Gasteiger partial charge in [0.15, 0.2) is 0 Å². The monoisotopic (exact) mass is 251 g/mol. The maximum absolute atomic E-state index is 12.0. The van der Waals surface area contributed by atoms with Crippen LogP contribution in [0.15, 0.2) is 0 Å². The molecule has 3 saturated heterocycles. The number of imide groups is 1. The highest BCUT2D eigenvalue weighted by atomic mass is 16.2. The highest BCUT2D eigenvalue weighted by Crippen LogP contribution is 2.40. The van der Waals surface area contributed by atoms with Crippen molar-refractivity contribution in [2.45, 2.75) is 56.7 Å². The smallest absolute Gasteiger partial charge is 0.322 e. The Morgan fingerprint density at radius 3 is 2.33 bits per heavy atom. The summed E-state index contributed by atoms with van der Waals surface area (Å²) in [5, 5.41) is 5.09. The fraction of sp³-hybridized carbons (Fsp3) is 0.750. The van der Waals surface area contributed by atoms with Crippen LogP contribution in [0.1, 0.15) is 39.0 Å². The Bertz CT molecular complexity index is 420. The van der Waals surface area contributed by atoms with E-state index in [1.165, 1.54) is 0 Å². The third-order valence-electron chi connectivity index (χ3n) is 4.41. The first kappa shape index (κ1) is 11.5. The lowest BCUT2D eigenvalue weighted by molar-refractivity contribution is -0.144. The van der Waals surface area contributed by atoms with Gasteiger partial charge in [-0.1, -0.05) is 0 Å². The number of amides is 4. The highest BCUT2D eigenvalue weighted by molar-refractivity contribution is 6.07. The molecule has 3 heterocycles. The van der Waals surface area contributed by atoms with Crippen molar-refractivity contribution in [3.63, 3.8) is 0 Å². The largest absolute Gasteiger partial charge is 0.337 e. The van der Waals surface area contributed by atoms with Crippen molar-refractivity contribution in [2.75, 3.05) is 0 Å². The fourth-order valence-electron chi connectivity index (χ4n) is 3.78. The summed E-state index contributed by atoms with van der Waals surface area (Å²) >= 11 is 0. The number of nitrogens with zero attached hydrogens (tertiary/aromatic N) is 1. The van der Waals surface area contributed by atoms with Crippen LogP contribution in [-0.4, -0.2) is 40.4 Å². The third kappa shape index (κ3) is 1.51. The molecule has 98 valence electrons. The van der Waals surface area contributed by atoms with E-state index in [0.29, 0.717) is 12.8 Å². The normalized spacial score (nSPS) is 38.6. The number of urea groups is 1. The topological polar surface area (TPSA) is 78.5 Å². The van der Waals surface area contributed by atoms with Crippen molar-refractivity contribution in [3.05, 3.63) is 0 Å². The molecule has 3 fully saturated rings. The van der Waals surface area contributed by atoms with Gasteiger partial charge in [-0.25, -0.2) is 4.79 Å². The Labute approximate surface area is 105 Å². The van der Waals surface area contributed by atoms with Crippen LogP contribution in [0.2, 0.25) is 0 Å². The molecule has 0 aromatic heterocycles. The van der Waals surface area contributed by atoms with E-state index in [2.05, 4.69) is 10.6 Å². The molecule has 1 spiro atoms. The molecule has 4 amide bonds. The van der Waals surface area contributed by atoms with Gasteiger partial charge in [-0.3, -0.25) is 14.9 Å². The Balaban J connectivity index is 1.90. The van der Waals surface area contributed by atoms with Gasteiger partial charge in [0.1, 0.15) is 5.54 Å². The van der Waals surface area contributed by atoms with Crippen LogP contribution in [0.3, 0.4) is 0 Å². The minimum atomic E-state index is -0.779. The molecule has 2 unspecified atom stereocenters. The van der Waals surface area contributed by atoms with Gasteiger partial charge in [-0.2, -0.15) is 0 Å². The zero-order chi connectivity index (χ0) is 12.9. The van der Waals surface area contributed by atoms with E-state index in [1.54, 1.807) is 6.92 Å². The van der Waals surface area contributed by atoms with Crippen LogP contribution in [0, 0.1) is 0 Å². The van der Waals surface area contributed by atoms with E-state index in [9.17, 15) is 14.4 Å². The molecule has 0 saturated carbocycles. The molecular formula is C12H17N3O3. The molecule has 0 aliphatic carbocycles. The predicted molar refractivity (Wildman–Crippen MR) is 62.6 cm³/mol. The first-order valence-electron chi connectivity index (χ1n) is 6.44. The number of carbonyl (C=O) groups excluding carboxylic acids is 3. The van der Waals surface area contributed by atoms with E-state index in [1.807, 2.05) is 4.90 Å². The van der Waals surface area contributed by atoms with Gasteiger partial charge in [-0.05, 0) is 19.3 Å². The van der Waals surface area contributed by atoms with Gasteiger partial charge in [-0.15, -0.1) is 0 Å². The zero-order valence-electron chi connectivity index (χ0n) is 10.4. The van der Waals surface area contributed by atoms with Gasteiger partial charge in [0.2, 0.25) is 5.91 Å². The minimum absolute atomic E-state index is 0.0734. The fourth-order valence-corrected chi connectivity index (χ4v) is 3.78. The summed E-state index contributed by atoms with van der Waals surface area (Å²) in [6.45, 7) is 1.58. The van der Waals surface area contributed by atoms with Crippen molar-refractivity contribution < 1.29 is 14.4 Å². The van der Waals surface area contributed by atoms with E-state index in [4.69, 9.17) is 0 Å². The summed E-state index contributed by atoms with van der Waals surface area (Å²) in [6.07, 6.45) is 4.01. The van der Waals surface area contributed by atoms with Crippen LogP contribution in [0.25, 0.3) is 0 Å². The predicted octanol–water partition coefficient (Wildman–Crippen LogP) is 0.128. The average Bonchev–Trinajstić information content (AvgIpc) is 2.51. The first-order valence-corrected chi connectivity index (χ1v) is 6.44. The first-order chi connectivity index (χ1) is 8.52. The molecule has 6 nitrogen and oxygen atoms in total. The molecule has 18 heavy (non-hydrogen) atoms. The Morgan fingerprint density at radius 2 is 1.89 bits per heavy atom. The highest BCUT2D eigenvalue weighted by Gasteiger charge is 2.55. The van der Waals surface area contributed by atoms with Crippen LogP contribution in [0.4, 0.5) is 4.79 Å². The lowest BCUT2D eigenvalue weighted by Crippen LogP contribution is -2.64. The number of carbonyl (C=O) groups is 3. The molecule has 2 N–H and O–H groups in total. The lowest BCUT2D eigenvalue weighted by Gasteiger charge is -2.51. The maximum atomic E-state index is 12.0. The molecule has 0 aromatic rings. The van der Waals surface area contributed by atoms with Crippen molar-refractivity contribution in [2.24, 2.45) is 0 Å². The van der Waals surface area contributed by atoms with E-state index in [0.717, 1.165) is 19.3 Å². The number of rotatable bonds is 0. The Hall–Kier alpha value is -1.59. The van der Waals surface area contributed by atoms with Crippen LogP contribution in [-0.2, 0) is 9.59 Å². The standard InChI is InChI=1S/C12H17N3O3/c1-7(16)15-8-3-2-4-9(15)6-12(5-8)10(17)13-11(18)14-12/h8-9H,2-6H2,1H3,(H2,13,14,17,18). The molecule has 2 atom stereocenters. The Morgan fingerprint density at radius 1 is 1.28 bits per heavy atom. The van der Waals surface area contributed by atoms with E-state index in [-0.39, 0.29) is 23.9 Å². The van der Waals surface area contributed by atoms with Gasteiger partial charge in [0.05, 0.1) is 0 Å². The maximum Gasteiger partial charge on any atom is 0.322 e. The summed E-state index contributed by atoms with van der Waals surface area (Å²) in [5.41, 5.74) is -0.779. The number of piperidine rings is 2. The molecule has 3 rings (SSSR count). The number of fused-ring (bicyclic) bond motifs is 2. The number of hydrogen-bond acceptors (Lipinski definition) is 3. The SMILES string of the molecule is CC(=O)N1C2CCCC1CC1(C2)NC(=O)NC1=O.